The van der Waals surface area contributed by atoms with Gasteiger partial charge >= 0.3 is 18.1 Å². The van der Waals surface area contributed by atoms with E-state index < -0.39 is 46.7 Å². The second kappa shape index (κ2) is 8.06. The fourth-order valence-electron chi connectivity index (χ4n) is 2.10. The third-order valence-corrected chi connectivity index (χ3v) is 3.70. The van der Waals surface area contributed by atoms with E-state index >= 15 is 0 Å². The molecule has 0 saturated heterocycles. The van der Waals surface area contributed by atoms with Crippen LogP contribution in [0.1, 0.15) is 5.69 Å². The summed E-state index contributed by atoms with van der Waals surface area (Å²) >= 11 is 5.75. The third-order valence-electron chi connectivity index (χ3n) is 3.41. The highest BCUT2D eigenvalue weighted by molar-refractivity contribution is 6.32. The first-order valence-electron chi connectivity index (χ1n) is 7.29. The third kappa shape index (κ3) is 4.10. The lowest BCUT2D eigenvalue weighted by Crippen LogP contribution is -2.39. The van der Waals surface area contributed by atoms with Gasteiger partial charge in [0.1, 0.15) is 11.6 Å². The number of hydrogen-bond donors (Lipinski definition) is 0. The van der Waals surface area contributed by atoms with Crippen LogP contribution in [0.5, 0.6) is 11.8 Å². The predicted octanol–water partition coefficient (Wildman–Crippen LogP) is 3.81. The molecule has 0 bridgehead atoms. The monoisotopic (exact) mass is 450 g/mol. The van der Waals surface area contributed by atoms with E-state index in [0.29, 0.717) is 6.07 Å². The van der Waals surface area contributed by atoms with Crippen molar-refractivity contribution < 1.29 is 44.9 Å². The van der Waals surface area contributed by atoms with Gasteiger partial charge in [-0.25, -0.2) is 8.96 Å². The molecule has 0 amide bonds. The molecule has 0 aliphatic rings. The van der Waals surface area contributed by atoms with Gasteiger partial charge in [0.15, 0.2) is 12.5 Å². The van der Waals surface area contributed by atoms with Crippen LogP contribution in [-0.4, -0.2) is 36.7 Å². The summed E-state index contributed by atoms with van der Waals surface area (Å²) in [5.74, 6) is -9.92. The zero-order chi connectivity index (χ0) is 22.1. The van der Waals surface area contributed by atoms with Crippen LogP contribution in [0.4, 0.5) is 30.7 Å². The lowest BCUT2D eigenvalue weighted by Gasteiger charge is -2.21. The molecule has 1 heterocycles. The number of ether oxygens (including phenoxy) is 3. The number of benzene rings is 1. The van der Waals surface area contributed by atoms with Crippen LogP contribution in [0.25, 0.3) is 5.69 Å². The lowest BCUT2D eigenvalue weighted by molar-refractivity contribution is -0.292. The van der Waals surface area contributed by atoms with Crippen molar-refractivity contribution in [1.82, 2.24) is 9.55 Å². The number of aromatic nitrogens is 2. The van der Waals surface area contributed by atoms with Crippen molar-refractivity contribution in [3.63, 3.8) is 0 Å². The van der Waals surface area contributed by atoms with Crippen molar-refractivity contribution in [3.8, 4) is 17.4 Å². The molecule has 160 valence electrons. The van der Waals surface area contributed by atoms with E-state index in [4.69, 9.17) is 16.3 Å². The van der Waals surface area contributed by atoms with E-state index in [-0.39, 0.29) is 22.1 Å². The minimum absolute atomic E-state index is 0.0105. The molecule has 29 heavy (non-hydrogen) atoms. The fraction of sp³-hybridized carbons (Fsp3) is 0.333. The normalized spacial score (nSPS) is 12.2. The van der Waals surface area contributed by atoms with Gasteiger partial charge in [-0.15, -0.1) is 0 Å². The summed E-state index contributed by atoms with van der Waals surface area (Å²) in [4.78, 5) is 15.0. The number of nitrogens with zero attached hydrogens (tertiary/aromatic N) is 2. The molecule has 6 nitrogen and oxygen atoms in total. The van der Waals surface area contributed by atoms with Crippen LogP contribution in [-0.2, 0) is 10.7 Å². The van der Waals surface area contributed by atoms with Gasteiger partial charge in [-0.3, -0.25) is 4.79 Å². The average Bonchev–Trinajstić information content (AvgIpc) is 2.62. The molecule has 1 aromatic carbocycles. The van der Waals surface area contributed by atoms with Crippen LogP contribution in [0.15, 0.2) is 16.9 Å². The second-order valence-corrected chi connectivity index (χ2v) is 5.67. The van der Waals surface area contributed by atoms with Crippen LogP contribution >= 0.6 is 11.6 Å². The minimum Gasteiger partial charge on any atom is -0.468 e. The van der Waals surface area contributed by atoms with Gasteiger partial charge in [-0.2, -0.15) is 31.3 Å². The summed E-state index contributed by atoms with van der Waals surface area (Å²) in [5.41, 5.74) is -5.43. The zero-order valence-electron chi connectivity index (χ0n) is 14.4. The van der Waals surface area contributed by atoms with Crippen molar-refractivity contribution in [3.05, 3.63) is 44.8 Å². The van der Waals surface area contributed by atoms with Gasteiger partial charge in [0.2, 0.25) is 5.82 Å². The molecule has 1 aromatic heterocycles. The number of alkyl halides is 5. The molecular weight excluding hydrogens is 441 g/mol. The molecule has 0 fully saturated rings. The molecule has 14 heteroatoms. The van der Waals surface area contributed by atoms with E-state index in [1.165, 1.54) is 7.11 Å². The summed E-state index contributed by atoms with van der Waals surface area (Å²) in [5, 5.41) is -0.302. The average molecular weight is 451 g/mol. The summed E-state index contributed by atoms with van der Waals surface area (Å²) in [6.07, 6.45) is -6.25. The Morgan fingerprint density at radius 3 is 2.28 bits per heavy atom. The number of methoxy groups -OCH3 is 2. The van der Waals surface area contributed by atoms with Crippen molar-refractivity contribution in [2.75, 3.05) is 21.0 Å². The maximum atomic E-state index is 14.3. The summed E-state index contributed by atoms with van der Waals surface area (Å²) in [7, 11) is 1.98. The van der Waals surface area contributed by atoms with Gasteiger partial charge in [-0.1, -0.05) is 11.6 Å². The predicted molar refractivity (Wildman–Crippen MR) is 83.8 cm³/mol. The molecule has 0 aliphatic carbocycles. The van der Waals surface area contributed by atoms with Gasteiger partial charge in [0.25, 0.3) is 5.56 Å². The molecule has 2 aromatic rings. The maximum Gasteiger partial charge on any atom is 0.459 e. The largest absolute Gasteiger partial charge is 0.468 e. The molecule has 0 atom stereocenters. The Morgan fingerprint density at radius 1 is 1.14 bits per heavy atom. The first kappa shape index (κ1) is 22.7. The standard InChI is InChI=1S/C15H10ClF7N2O4/c1-27-5-29-9-4-8(7(17)3-6(9)16)25-12(26)10(18)11(24-13(25)28-2)14(19,20)15(21,22)23/h3-4H,5H2,1-2H3. The van der Waals surface area contributed by atoms with Crippen LogP contribution < -0.4 is 15.0 Å². The van der Waals surface area contributed by atoms with Gasteiger partial charge in [0, 0.05) is 13.2 Å². The highest BCUT2D eigenvalue weighted by Crippen LogP contribution is 2.44. The quantitative estimate of drug-likeness (QED) is 0.495. The first-order chi connectivity index (χ1) is 13.4. The maximum absolute atomic E-state index is 14.3. The number of hydrogen-bond acceptors (Lipinski definition) is 5. The minimum atomic E-state index is -6.25. The van der Waals surface area contributed by atoms with E-state index in [2.05, 4.69) is 14.5 Å². The van der Waals surface area contributed by atoms with E-state index in [0.717, 1.165) is 13.2 Å². The zero-order valence-corrected chi connectivity index (χ0v) is 15.2. The van der Waals surface area contributed by atoms with E-state index in [9.17, 15) is 35.5 Å². The Bertz CT molecular complexity index is 979. The smallest absolute Gasteiger partial charge is 0.459 e. The molecule has 2 rings (SSSR count). The summed E-state index contributed by atoms with van der Waals surface area (Å²) < 4.78 is 107. The highest BCUT2D eigenvalue weighted by atomic mass is 35.5. The Balaban J connectivity index is 2.79. The van der Waals surface area contributed by atoms with E-state index in [1.807, 2.05) is 0 Å². The molecule has 0 unspecified atom stereocenters. The molecule has 0 spiro atoms. The molecular formula is C15H10ClF7N2O4. The summed E-state index contributed by atoms with van der Waals surface area (Å²) in [6, 6.07) is 0.141. The van der Waals surface area contributed by atoms with Gasteiger partial charge in [-0.05, 0) is 6.07 Å². The van der Waals surface area contributed by atoms with Crippen LogP contribution in [0, 0.1) is 11.6 Å². The van der Waals surface area contributed by atoms with Crippen molar-refractivity contribution >= 4 is 11.6 Å². The SMILES string of the molecule is COCOc1cc(-n2c(OC)nc(C(F)(F)C(F)(F)F)c(F)c2=O)c(F)cc1Cl. The van der Waals surface area contributed by atoms with Crippen molar-refractivity contribution in [2.24, 2.45) is 0 Å². The Morgan fingerprint density at radius 2 is 1.76 bits per heavy atom. The lowest BCUT2D eigenvalue weighted by atomic mass is 10.2. The Labute approximate surface area is 162 Å². The van der Waals surface area contributed by atoms with Crippen LogP contribution in [0.2, 0.25) is 5.02 Å². The van der Waals surface area contributed by atoms with Gasteiger partial charge in [0.05, 0.1) is 17.8 Å². The summed E-state index contributed by atoms with van der Waals surface area (Å²) in [6.45, 7) is -0.375. The van der Waals surface area contributed by atoms with Crippen molar-refractivity contribution in [1.29, 1.82) is 0 Å². The number of halogens is 8. The highest BCUT2D eigenvalue weighted by Gasteiger charge is 2.62. The molecule has 0 saturated carbocycles. The molecule has 0 aliphatic heterocycles. The fourth-order valence-corrected chi connectivity index (χ4v) is 2.30. The molecule has 0 N–H and O–H groups in total. The van der Waals surface area contributed by atoms with Crippen molar-refractivity contribution in [2.45, 2.75) is 12.1 Å². The van der Waals surface area contributed by atoms with E-state index in [1.54, 1.807) is 0 Å². The van der Waals surface area contributed by atoms with Crippen LogP contribution in [0.3, 0.4) is 0 Å². The second-order valence-electron chi connectivity index (χ2n) is 5.26. The first-order valence-corrected chi connectivity index (χ1v) is 7.67. The Hall–Kier alpha value is -2.54. The molecule has 0 radical (unpaired) electrons. The van der Waals surface area contributed by atoms with Gasteiger partial charge < -0.3 is 14.2 Å². The topological polar surface area (TPSA) is 62.6 Å². The Kier molecular flexibility index (Phi) is 6.33. The number of rotatable bonds is 6.